The molecule has 0 spiro atoms. The molecule has 0 bridgehead atoms. The third-order valence-electron chi connectivity index (χ3n) is 8.08. The number of oxime groups is 1. The molecular weight excluding hydrogens is 424 g/mol. The van der Waals surface area contributed by atoms with Gasteiger partial charge >= 0.3 is 11.9 Å². The lowest BCUT2D eigenvalue weighted by atomic mass is 9.57. The van der Waals surface area contributed by atoms with Gasteiger partial charge in [-0.15, -0.1) is 0 Å². The van der Waals surface area contributed by atoms with Crippen LogP contribution in [0.3, 0.4) is 0 Å². The van der Waals surface area contributed by atoms with Crippen LogP contribution >= 0.6 is 0 Å². The maximum atomic E-state index is 11.6. The predicted octanol–water partition coefficient (Wildman–Crippen LogP) is 3.79. The monoisotopic (exact) mass is 466 g/mol. The number of aliphatic hydroxyl groups is 1. The number of allylic oxidation sites excluding steroid dienone is 2. The number of rotatable bonds is 7. The van der Waals surface area contributed by atoms with E-state index in [-0.39, 0.29) is 5.41 Å². The lowest BCUT2D eigenvalue weighted by molar-refractivity contribution is -0.159. The van der Waals surface area contributed by atoms with E-state index in [4.69, 9.17) is 24.6 Å². The standard InChI is InChI=1S/C23H40N2O2.C2H2O4/c1-22-13-11-20(19-8-5-4-6-9-19)18-23(22,26)14-12-21(22)10-7-15-24-27-17-16-25(2)3;3-1(4)2(5)6/h7,10,15,19-21,26H,4-6,8-9,11-14,16-18H2,1-3H3;(H,3,4)(H,5,6)/t20-,21-,22+,23-;/m0./s1. The highest BCUT2D eigenvalue weighted by Gasteiger charge is 2.58. The Morgan fingerprint density at radius 1 is 1.03 bits per heavy atom. The summed E-state index contributed by atoms with van der Waals surface area (Å²) in [5.41, 5.74) is -0.448. The fourth-order valence-corrected chi connectivity index (χ4v) is 5.97. The first kappa shape index (κ1) is 27.3. The summed E-state index contributed by atoms with van der Waals surface area (Å²) in [6, 6.07) is 0. The second kappa shape index (κ2) is 12.5. The summed E-state index contributed by atoms with van der Waals surface area (Å²) in [5.74, 6) is -1.58. The number of nitrogens with zero attached hydrogens (tertiary/aromatic N) is 2. The molecular formula is C25H42N2O6. The lowest BCUT2D eigenvalue weighted by Crippen LogP contribution is -2.50. The van der Waals surface area contributed by atoms with Crippen molar-refractivity contribution in [2.75, 3.05) is 27.2 Å². The molecule has 0 unspecified atom stereocenters. The van der Waals surface area contributed by atoms with Gasteiger partial charge in [-0.1, -0.05) is 50.3 Å². The van der Waals surface area contributed by atoms with Gasteiger partial charge in [0.2, 0.25) is 0 Å². The molecule has 0 aliphatic heterocycles. The number of carboxylic acids is 2. The van der Waals surface area contributed by atoms with Gasteiger partial charge in [0.05, 0.1) is 11.8 Å². The van der Waals surface area contributed by atoms with Gasteiger partial charge in [0, 0.05) is 12.0 Å². The average molecular weight is 467 g/mol. The zero-order chi connectivity index (χ0) is 24.5. The van der Waals surface area contributed by atoms with Crippen molar-refractivity contribution >= 4 is 18.2 Å². The number of hydrogen-bond donors (Lipinski definition) is 3. The SMILES string of the molecule is CN(C)CCON=CC=C[C@H]1CC[C@]2(O)C[C@@H](C3CCCCC3)CC[C@]12C.O=C(O)C(=O)O. The molecule has 8 nitrogen and oxygen atoms in total. The van der Waals surface area contributed by atoms with Crippen LogP contribution in [0, 0.1) is 23.2 Å². The van der Waals surface area contributed by atoms with Crippen LogP contribution < -0.4 is 0 Å². The quantitative estimate of drug-likeness (QED) is 0.226. The molecule has 188 valence electrons. The second-order valence-corrected chi connectivity index (χ2v) is 10.4. The molecule has 33 heavy (non-hydrogen) atoms. The molecule has 3 rings (SSSR count). The second-order valence-electron chi connectivity index (χ2n) is 10.4. The van der Waals surface area contributed by atoms with Gasteiger partial charge in [-0.25, -0.2) is 9.59 Å². The first-order valence-electron chi connectivity index (χ1n) is 12.2. The molecule has 0 aromatic heterocycles. The zero-order valence-corrected chi connectivity index (χ0v) is 20.4. The molecule has 3 aliphatic rings. The highest BCUT2D eigenvalue weighted by molar-refractivity contribution is 6.27. The van der Waals surface area contributed by atoms with E-state index in [0.717, 1.165) is 44.1 Å². The molecule has 0 amide bonds. The van der Waals surface area contributed by atoms with Gasteiger partial charge in [-0.05, 0) is 70.0 Å². The van der Waals surface area contributed by atoms with Gasteiger partial charge in [0.25, 0.3) is 0 Å². The first-order chi connectivity index (χ1) is 15.6. The molecule has 8 heteroatoms. The maximum absolute atomic E-state index is 11.6. The van der Waals surface area contributed by atoms with E-state index in [9.17, 15) is 5.11 Å². The maximum Gasteiger partial charge on any atom is 0.414 e. The van der Waals surface area contributed by atoms with Crippen LogP contribution in [0.5, 0.6) is 0 Å². The molecule has 4 atom stereocenters. The molecule has 3 N–H and O–H groups in total. The minimum Gasteiger partial charge on any atom is -0.473 e. The number of aliphatic carboxylic acids is 2. The van der Waals surface area contributed by atoms with Crippen LogP contribution in [0.15, 0.2) is 17.3 Å². The van der Waals surface area contributed by atoms with Crippen molar-refractivity contribution in [1.82, 2.24) is 4.90 Å². The molecule has 3 saturated carbocycles. The predicted molar refractivity (Wildman–Crippen MR) is 127 cm³/mol. The highest BCUT2D eigenvalue weighted by atomic mass is 16.6. The van der Waals surface area contributed by atoms with Crippen molar-refractivity contribution in [2.24, 2.45) is 28.3 Å². The number of fused-ring (bicyclic) bond motifs is 1. The van der Waals surface area contributed by atoms with E-state index in [0.29, 0.717) is 12.5 Å². The van der Waals surface area contributed by atoms with Crippen LogP contribution in [0.2, 0.25) is 0 Å². The molecule has 3 fully saturated rings. The summed E-state index contributed by atoms with van der Waals surface area (Å²) in [5, 5.41) is 30.4. The van der Waals surface area contributed by atoms with E-state index in [1.54, 1.807) is 6.21 Å². The Balaban J connectivity index is 0.000000569. The molecule has 3 aliphatic carbocycles. The van der Waals surface area contributed by atoms with Gasteiger partial charge in [0.15, 0.2) is 0 Å². The molecule has 0 radical (unpaired) electrons. The fourth-order valence-electron chi connectivity index (χ4n) is 5.97. The van der Waals surface area contributed by atoms with Crippen molar-refractivity contribution in [3.63, 3.8) is 0 Å². The molecule has 0 aromatic carbocycles. The van der Waals surface area contributed by atoms with Crippen molar-refractivity contribution in [3.8, 4) is 0 Å². The Hall–Kier alpha value is -1.93. The van der Waals surface area contributed by atoms with E-state index in [1.807, 2.05) is 20.2 Å². The van der Waals surface area contributed by atoms with Crippen LogP contribution in [-0.2, 0) is 14.4 Å². The van der Waals surface area contributed by atoms with Crippen LogP contribution in [0.1, 0.15) is 71.1 Å². The van der Waals surface area contributed by atoms with E-state index in [2.05, 4.69) is 23.1 Å². The van der Waals surface area contributed by atoms with Crippen molar-refractivity contribution in [3.05, 3.63) is 12.2 Å². The number of hydrogen-bond acceptors (Lipinski definition) is 6. The van der Waals surface area contributed by atoms with Crippen LogP contribution in [-0.4, -0.2) is 71.2 Å². The van der Waals surface area contributed by atoms with E-state index in [1.165, 1.54) is 38.5 Å². The average Bonchev–Trinajstić information content (AvgIpc) is 3.04. The van der Waals surface area contributed by atoms with Gasteiger partial charge < -0.3 is 25.1 Å². The minimum atomic E-state index is -1.82. The summed E-state index contributed by atoms with van der Waals surface area (Å²) in [4.78, 5) is 25.5. The van der Waals surface area contributed by atoms with Crippen LogP contribution in [0.25, 0.3) is 0 Å². The summed E-state index contributed by atoms with van der Waals surface area (Å²) in [6.07, 6.45) is 18.6. The minimum absolute atomic E-state index is 0.0221. The lowest BCUT2D eigenvalue weighted by Gasteiger charge is -2.51. The molecule has 0 heterocycles. The highest BCUT2D eigenvalue weighted by Crippen LogP contribution is 2.61. The Bertz CT molecular complexity index is 691. The summed E-state index contributed by atoms with van der Waals surface area (Å²) in [6.45, 7) is 3.81. The summed E-state index contributed by atoms with van der Waals surface area (Å²) >= 11 is 0. The Morgan fingerprint density at radius 2 is 1.70 bits per heavy atom. The zero-order valence-electron chi connectivity index (χ0n) is 20.4. The fraction of sp³-hybridized carbons (Fsp3) is 0.800. The number of carboxylic acid groups (broad SMARTS) is 2. The molecule has 0 saturated heterocycles. The van der Waals surface area contributed by atoms with Crippen molar-refractivity contribution < 1.29 is 29.7 Å². The van der Waals surface area contributed by atoms with Gasteiger partial charge in [-0.3, -0.25) is 0 Å². The first-order valence-corrected chi connectivity index (χ1v) is 12.2. The number of carbonyl (C=O) groups is 2. The Kier molecular flexibility index (Phi) is 10.4. The topological polar surface area (TPSA) is 120 Å². The third kappa shape index (κ3) is 7.54. The van der Waals surface area contributed by atoms with Gasteiger partial charge in [-0.2, -0.15) is 0 Å². The Labute approximate surface area is 197 Å². The molecule has 0 aromatic rings. The van der Waals surface area contributed by atoms with Crippen LogP contribution in [0.4, 0.5) is 0 Å². The normalized spacial score (nSPS) is 32.5. The van der Waals surface area contributed by atoms with Crippen molar-refractivity contribution in [2.45, 2.75) is 76.7 Å². The smallest absolute Gasteiger partial charge is 0.414 e. The Morgan fingerprint density at radius 3 is 2.30 bits per heavy atom. The van der Waals surface area contributed by atoms with E-state index >= 15 is 0 Å². The number of likely N-dealkylation sites (N-methyl/N-ethyl adjacent to an activating group) is 1. The summed E-state index contributed by atoms with van der Waals surface area (Å²) in [7, 11) is 4.05. The van der Waals surface area contributed by atoms with Crippen molar-refractivity contribution in [1.29, 1.82) is 0 Å². The van der Waals surface area contributed by atoms with E-state index < -0.39 is 17.5 Å². The van der Waals surface area contributed by atoms with Gasteiger partial charge in [0.1, 0.15) is 6.61 Å². The third-order valence-corrected chi connectivity index (χ3v) is 8.08. The largest absolute Gasteiger partial charge is 0.473 e. The summed E-state index contributed by atoms with van der Waals surface area (Å²) < 4.78 is 0.